The van der Waals surface area contributed by atoms with E-state index in [1.807, 2.05) is 24.6 Å². The van der Waals surface area contributed by atoms with Crippen molar-refractivity contribution in [3.8, 4) is 11.5 Å². The second-order valence-electron chi connectivity index (χ2n) is 6.63. The van der Waals surface area contributed by atoms with Gasteiger partial charge < -0.3 is 9.47 Å². The molecule has 144 valence electrons. The van der Waals surface area contributed by atoms with Crippen molar-refractivity contribution in [2.24, 2.45) is 0 Å². The predicted molar refractivity (Wildman–Crippen MR) is 110 cm³/mol. The fourth-order valence-electron chi connectivity index (χ4n) is 2.97. The average Bonchev–Trinajstić information content (AvgIpc) is 2.95. The van der Waals surface area contributed by atoms with Gasteiger partial charge >= 0.3 is 5.97 Å². The van der Waals surface area contributed by atoms with E-state index < -0.39 is 5.97 Å². The lowest BCUT2D eigenvalue weighted by Crippen LogP contribution is -2.05. The third kappa shape index (κ3) is 4.49. The summed E-state index contributed by atoms with van der Waals surface area (Å²) in [5.74, 6) is 0.445. The van der Waals surface area contributed by atoms with Gasteiger partial charge in [-0.25, -0.2) is 4.79 Å². The zero-order valence-electron chi connectivity index (χ0n) is 16.6. The summed E-state index contributed by atoms with van der Waals surface area (Å²) in [7, 11) is 1.54. The standard InChI is InChI=1S/C23H24N2O3/c1-16-9-11-19(12-10-16)15-25-18(3)20(17(2)24-25)13-14-23(26)28-22-8-6-5-7-21(22)27-4/h5-14H,15H2,1-4H3/b14-13+. The second-order valence-corrected chi connectivity index (χ2v) is 6.63. The van der Waals surface area contributed by atoms with Gasteiger partial charge in [0.05, 0.1) is 19.3 Å². The summed E-state index contributed by atoms with van der Waals surface area (Å²) in [6.45, 7) is 6.69. The molecule has 0 aliphatic carbocycles. The quantitative estimate of drug-likeness (QED) is 0.361. The Morgan fingerprint density at radius 1 is 1.04 bits per heavy atom. The molecule has 3 rings (SSSR count). The third-order valence-electron chi connectivity index (χ3n) is 4.56. The molecule has 28 heavy (non-hydrogen) atoms. The van der Waals surface area contributed by atoms with Crippen molar-refractivity contribution in [1.82, 2.24) is 9.78 Å². The van der Waals surface area contributed by atoms with Gasteiger partial charge in [-0.1, -0.05) is 42.0 Å². The molecule has 5 heteroatoms. The Labute approximate surface area is 165 Å². The first-order valence-corrected chi connectivity index (χ1v) is 9.10. The fourth-order valence-corrected chi connectivity index (χ4v) is 2.97. The molecule has 5 nitrogen and oxygen atoms in total. The number of esters is 1. The molecular weight excluding hydrogens is 352 g/mol. The van der Waals surface area contributed by atoms with Crippen LogP contribution in [-0.4, -0.2) is 22.9 Å². The van der Waals surface area contributed by atoms with Crippen LogP contribution in [0.15, 0.2) is 54.6 Å². The molecule has 0 aliphatic rings. The number of aryl methyl sites for hydroxylation is 2. The minimum absolute atomic E-state index is 0.392. The number of benzene rings is 2. The minimum atomic E-state index is -0.463. The van der Waals surface area contributed by atoms with Gasteiger partial charge in [0, 0.05) is 17.3 Å². The molecule has 0 aliphatic heterocycles. The first-order chi connectivity index (χ1) is 13.5. The summed E-state index contributed by atoms with van der Waals surface area (Å²) in [6.07, 6.45) is 3.17. The molecule has 0 radical (unpaired) electrons. The second kappa shape index (κ2) is 8.57. The van der Waals surface area contributed by atoms with Crippen molar-refractivity contribution in [1.29, 1.82) is 0 Å². The SMILES string of the molecule is COc1ccccc1OC(=O)/C=C/c1c(C)nn(Cc2ccc(C)cc2)c1C. The van der Waals surface area contributed by atoms with Crippen molar-refractivity contribution in [2.45, 2.75) is 27.3 Å². The van der Waals surface area contributed by atoms with Crippen LogP contribution >= 0.6 is 0 Å². The van der Waals surface area contributed by atoms with Crippen LogP contribution in [0.5, 0.6) is 11.5 Å². The van der Waals surface area contributed by atoms with E-state index in [0.717, 1.165) is 17.0 Å². The third-order valence-corrected chi connectivity index (χ3v) is 4.56. The summed E-state index contributed by atoms with van der Waals surface area (Å²) < 4.78 is 12.5. The number of nitrogens with zero attached hydrogens (tertiary/aromatic N) is 2. The summed E-state index contributed by atoms with van der Waals surface area (Å²) in [5, 5.41) is 4.61. The van der Waals surface area contributed by atoms with Gasteiger partial charge in [-0.15, -0.1) is 0 Å². The van der Waals surface area contributed by atoms with Gasteiger partial charge in [0.1, 0.15) is 0 Å². The van der Waals surface area contributed by atoms with Crippen LogP contribution in [0.2, 0.25) is 0 Å². The number of aromatic nitrogens is 2. The molecule has 0 bridgehead atoms. The Bertz CT molecular complexity index is 1000. The number of para-hydroxylation sites is 2. The maximum Gasteiger partial charge on any atom is 0.336 e. The summed E-state index contributed by atoms with van der Waals surface area (Å²) in [4.78, 5) is 12.2. The van der Waals surface area contributed by atoms with Crippen molar-refractivity contribution in [2.75, 3.05) is 7.11 Å². The van der Waals surface area contributed by atoms with Crippen LogP contribution in [0.25, 0.3) is 6.08 Å². The molecule has 0 fully saturated rings. The smallest absolute Gasteiger partial charge is 0.336 e. The van der Waals surface area contributed by atoms with Crippen molar-refractivity contribution in [3.63, 3.8) is 0 Å². The number of rotatable bonds is 6. The monoisotopic (exact) mass is 376 g/mol. The van der Waals surface area contributed by atoms with Crippen LogP contribution in [0.4, 0.5) is 0 Å². The number of methoxy groups -OCH3 is 1. The Morgan fingerprint density at radius 3 is 2.39 bits per heavy atom. The number of ether oxygens (including phenoxy) is 2. The zero-order chi connectivity index (χ0) is 20.1. The molecule has 3 aromatic rings. The average molecular weight is 376 g/mol. The Balaban J connectivity index is 1.74. The topological polar surface area (TPSA) is 53.4 Å². The lowest BCUT2D eigenvalue weighted by atomic mass is 10.1. The van der Waals surface area contributed by atoms with Gasteiger partial charge in [-0.2, -0.15) is 5.10 Å². The number of carbonyl (C=O) groups excluding carboxylic acids is 1. The lowest BCUT2D eigenvalue weighted by molar-refractivity contribution is -0.129. The zero-order valence-corrected chi connectivity index (χ0v) is 16.6. The van der Waals surface area contributed by atoms with Gasteiger partial charge in [-0.05, 0) is 44.5 Å². The molecule has 1 heterocycles. The first-order valence-electron chi connectivity index (χ1n) is 9.10. The number of hydrogen-bond acceptors (Lipinski definition) is 4. The molecule has 0 saturated carbocycles. The highest BCUT2D eigenvalue weighted by Crippen LogP contribution is 2.26. The van der Waals surface area contributed by atoms with E-state index >= 15 is 0 Å². The first kappa shape index (κ1) is 19.4. The number of hydrogen-bond donors (Lipinski definition) is 0. The van der Waals surface area contributed by atoms with E-state index in [9.17, 15) is 4.79 Å². The molecule has 0 amide bonds. The Kier molecular flexibility index (Phi) is 5.94. The Morgan fingerprint density at radius 2 is 1.71 bits per heavy atom. The molecule has 0 spiro atoms. The molecule has 0 N–H and O–H groups in total. The Hall–Kier alpha value is -3.34. The van der Waals surface area contributed by atoms with Crippen LogP contribution in [-0.2, 0) is 11.3 Å². The van der Waals surface area contributed by atoms with Crippen LogP contribution in [0.1, 0.15) is 28.1 Å². The molecule has 0 unspecified atom stereocenters. The van der Waals surface area contributed by atoms with Gasteiger partial charge in [-0.3, -0.25) is 4.68 Å². The molecule has 0 saturated heterocycles. The molecular formula is C23H24N2O3. The maximum absolute atomic E-state index is 12.2. The van der Waals surface area contributed by atoms with Crippen LogP contribution in [0.3, 0.4) is 0 Å². The lowest BCUT2D eigenvalue weighted by Gasteiger charge is -2.07. The summed E-state index contributed by atoms with van der Waals surface area (Å²) in [5.41, 5.74) is 5.20. The van der Waals surface area contributed by atoms with Crippen molar-refractivity contribution < 1.29 is 14.3 Å². The predicted octanol–water partition coefficient (Wildman–Crippen LogP) is 4.48. The van der Waals surface area contributed by atoms with Gasteiger partial charge in [0.2, 0.25) is 0 Å². The number of carbonyl (C=O) groups is 1. The van der Waals surface area contributed by atoms with E-state index in [2.05, 4.69) is 36.3 Å². The highest BCUT2D eigenvalue weighted by Gasteiger charge is 2.11. The van der Waals surface area contributed by atoms with E-state index in [0.29, 0.717) is 18.0 Å². The van der Waals surface area contributed by atoms with E-state index in [-0.39, 0.29) is 0 Å². The maximum atomic E-state index is 12.2. The van der Waals surface area contributed by atoms with Crippen LogP contribution < -0.4 is 9.47 Å². The van der Waals surface area contributed by atoms with E-state index in [1.54, 1.807) is 24.3 Å². The largest absolute Gasteiger partial charge is 0.493 e. The molecule has 1 aromatic heterocycles. The highest BCUT2D eigenvalue weighted by atomic mass is 16.6. The molecule has 2 aromatic carbocycles. The van der Waals surface area contributed by atoms with Crippen molar-refractivity contribution in [3.05, 3.63) is 82.7 Å². The van der Waals surface area contributed by atoms with E-state index in [4.69, 9.17) is 9.47 Å². The highest BCUT2D eigenvalue weighted by molar-refractivity contribution is 5.89. The molecule has 0 atom stereocenters. The summed E-state index contributed by atoms with van der Waals surface area (Å²) in [6, 6.07) is 15.4. The van der Waals surface area contributed by atoms with Gasteiger partial charge in [0.25, 0.3) is 0 Å². The van der Waals surface area contributed by atoms with Crippen LogP contribution in [0, 0.1) is 20.8 Å². The van der Waals surface area contributed by atoms with Gasteiger partial charge in [0.15, 0.2) is 11.5 Å². The normalized spacial score (nSPS) is 11.0. The minimum Gasteiger partial charge on any atom is -0.493 e. The fraction of sp³-hybridized carbons (Fsp3) is 0.217. The van der Waals surface area contributed by atoms with Crippen molar-refractivity contribution >= 4 is 12.0 Å². The summed E-state index contributed by atoms with van der Waals surface area (Å²) >= 11 is 0. The van der Waals surface area contributed by atoms with E-state index in [1.165, 1.54) is 24.3 Å².